The molecule has 0 aliphatic heterocycles. The van der Waals surface area contributed by atoms with Gasteiger partial charge in [-0.25, -0.2) is 0 Å². The number of furan rings is 1. The molecule has 0 aliphatic rings. The molecule has 0 fully saturated rings. The highest BCUT2D eigenvalue weighted by atomic mass is 16.3. The number of anilines is 3. The average Bonchev–Trinajstić information content (AvgIpc) is 3.84. The molecule has 0 unspecified atom stereocenters. The van der Waals surface area contributed by atoms with Gasteiger partial charge in [0.05, 0.1) is 11.0 Å². The van der Waals surface area contributed by atoms with Crippen LogP contribution in [0.25, 0.3) is 82.8 Å². The number of hydrogen-bond donors (Lipinski definition) is 0. The van der Waals surface area contributed by atoms with Crippen LogP contribution >= 0.6 is 0 Å². The van der Waals surface area contributed by atoms with Crippen molar-refractivity contribution in [3.63, 3.8) is 0 Å². The van der Waals surface area contributed by atoms with Crippen LogP contribution in [0.15, 0.2) is 223 Å². The van der Waals surface area contributed by atoms with Gasteiger partial charge in [-0.05, 0) is 94.5 Å². The highest BCUT2D eigenvalue weighted by molar-refractivity contribution is 6.10. The Morgan fingerprint density at radius 3 is 1.53 bits per heavy atom. The Morgan fingerprint density at radius 2 is 0.842 bits per heavy atom. The number of nitrogens with zero attached hydrogens (tertiary/aromatic N) is 2. The Hall–Kier alpha value is -7.62. The lowest BCUT2D eigenvalue weighted by molar-refractivity contribution is 0.670. The van der Waals surface area contributed by atoms with Crippen LogP contribution < -0.4 is 4.90 Å². The fourth-order valence-electron chi connectivity index (χ4n) is 8.47. The second-order valence-electron chi connectivity index (χ2n) is 14.5. The number of para-hydroxylation sites is 4. The first-order valence-electron chi connectivity index (χ1n) is 19.4. The maximum absolute atomic E-state index is 6.40. The minimum atomic E-state index is 0.906. The molecule has 0 radical (unpaired) electrons. The van der Waals surface area contributed by atoms with Crippen LogP contribution in [-0.4, -0.2) is 4.57 Å². The molecule has 57 heavy (non-hydrogen) atoms. The van der Waals surface area contributed by atoms with E-state index >= 15 is 0 Å². The summed E-state index contributed by atoms with van der Waals surface area (Å²) in [6, 6.07) is 78.0. The van der Waals surface area contributed by atoms with E-state index in [9.17, 15) is 0 Å². The molecule has 0 atom stereocenters. The van der Waals surface area contributed by atoms with Crippen molar-refractivity contribution in [1.82, 2.24) is 4.57 Å². The molecule has 3 heteroatoms. The zero-order valence-electron chi connectivity index (χ0n) is 31.1. The summed E-state index contributed by atoms with van der Waals surface area (Å²) in [7, 11) is 0. The quantitative estimate of drug-likeness (QED) is 0.163. The van der Waals surface area contributed by atoms with Gasteiger partial charge in [0.25, 0.3) is 0 Å². The molecule has 2 heterocycles. The zero-order valence-corrected chi connectivity index (χ0v) is 31.1. The van der Waals surface area contributed by atoms with Gasteiger partial charge in [0, 0.05) is 49.9 Å². The number of benzene rings is 9. The predicted molar refractivity (Wildman–Crippen MR) is 239 cm³/mol. The number of rotatable bonds is 7. The van der Waals surface area contributed by atoms with E-state index in [2.05, 4.69) is 216 Å². The van der Waals surface area contributed by atoms with Gasteiger partial charge in [-0.3, -0.25) is 0 Å². The van der Waals surface area contributed by atoms with Crippen LogP contribution in [0.4, 0.5) is 17.1 Å². The highest BCUT2D eigenvalue weighted by Gasteiger charge is 2.17. The Morgan fingerprint density at radius 1 is 0.333 bits per heavy atom. The molecule has 0 saturated carbocycles. The smallest absolute Gasteiger partial charge is 0.143 e. The molecule has 11 rings (SSSR count). The largest absolute Gasteiger partial charge is 0.455 e. The van der Waals surface area contributed by atoms with Crippen LogP contribution in [0.5, 0.6) is 0 Å². The van der Waals surface area contributed by atoms with E-state index in [4.69, 9.17) is 4.42 Å². The van der Waals surface area contributed by atoms with E-state index in [1.807, 2.05) is 12.1 Å². The molecule has 0 N–H and O–H groups in total. The summed E-state index contributed by atoms with van der Waals surface area (Å²) in [5, 5.41) is 4.81. The summed E-state index contributed by atoms with van der Waals surface area (Å²) in [6.07, 6.45) is 0. The summed E-state index contributed by atoms with van der Waals surface area (Å²) < 4.78 is 8.77. The van der Waals surface area contributed by atoms with Gasteiger partial charge in [-0.1, -0.05) is 152 Å². The van der Waals surface area contributed by atoms with Crippen molar-refractivity contribution < 1.29 is 4.42 Å². The molecule has 11 aromatic rings. The summed E-state index contributed by atoms with van der Waals surface area (Å²) in [5.74, 6) is 0. The SMILES string of the molecule is c1ccc(-c2cccc(N(c3ccc(-c4ccc(-n5c6ccccc6c6ccccc65)cc4)cc3)c3ccc(-c4cccc5c4oc4ccccc45)cc3)c2)cc1. The normalized spacial score (nSPS) is 11.5. The minimum Gasteiger partial charge on any atom is -0.455 e. The van der Waals surface area contributed by atoms with Gasteiger partial charge in [0.1, 0.15) is 11.2 Å². The molecule has 0 aliphatic carbocycles. The van der Waals surface area contributed by atoms with Crippen molar-refractivity contribution in [3.05, 3.63) is 218 Å². The van der Waals surface area contributed by atoms with Crippen molar-refractivity contribution >= 4 is 60.8 Å². The molecule has 0 amide bonds. The standard InChI is InChI=1S/C54H36N2O/c1-2-12-37(13-3-1)41-14-10-15-45(36-41)55(43-34-28-40(29-35-43)46-19-11-20-50-49-18-6-9-23-53(49)57-54(46)50)42-30-24-38(25-31-42)39-26-32-44(33-27-39)56-51-21-7-4-16-47(51)48-17-5-8-22-52(48)56/h1-36H. The van der Waals surface area contributed by atoms with Crippen LogP contribution in [0.3, 0.4) is 0 Å². The van der Waals surface area contributed by atoms with Crippen LogP contribution in [-0.2, 0) is 0 Å². The Kier molecular flexibility index (Phi) is 7.82. The van der Waals surface area contributed by atoms with E-state index in [0.717, 1.165) is 55.8 Å². The fourth-order valence-corrected chi connectivity index (χ4v) is 8.47. The van der Waals surface area contributed by atoms with Crippen molar-refractivity contribution in [2.75, 3.05) is 4.90 Å². The van der Waals surface area contributed by atoms with E-state index in [-0.39, 0.29) is 0 Å². The van der Waals surface area contributed by atoms with E-state index in [1.165, 1.54) is 44.1 Å². The molecule has 9 aromatic carbocycles. The van der Waals surface area contributed by atoms with Crippen molar-refractivity contribution in [3.8, 4) is 39.1 Å². The van der Waals surface area contributed by atoms with Gasteiger partial charge in [0.15, 0.2) is 0 Å². The summed E-state index contributed by atoms with van der Waals surface area (Å²) >= 11 is 0. The van der Waals surface area contributed by atoms with E-state index in [1.54, 1.807) is 0 Å². The fraction of sp³-hybridized carbons (Fsp3) is 0. The molecule has 0 saturated heterocycles. The Labute approximate surface area is 330 Å². The van der Waals surface area contributed by atoms with Crippen molar-refractivity contribution in [1.29, 1.82) is 0 Å². The highest BCUT2D eigenvalue weighted by Crippen LogP contribution is 2.41. The monoisotopic (exact) mass is 728 g/mol. The van der Waals surface area contributed by atoms with Crippen LogP contribution in [0.2, 0.25) is 0 Å². The molecule has 3 nitrogen and oxygen atoms in total. The third-order valence-electron chi connectivity index (χ3n) is 11.2. The molecule has 0 bridgehead atoms. The molecular formula is C54H36N2O. The first kappa shape index (κ1) is 32.8. The number of aromatic nitrogens is 1. The summed E-state index contributed by atoms with van der Waals surface area (Å²) in [5.41, 5.74) is 15.5. The Balaban J connectivity index is 0.961. The minimum absolute atomic E-state index is 0.906. The average molecular weight is 729 g/mol. The van der Waals surface area contributed by atoms with Gasteiger partial charge < -0.3 is 13.9 Å². The van der Waals surface area contributed by atoms with Gasteiger partial charge in [0.2, 0.25) is 0 Å². The Bertz CT molecular complexity index is 3160. The molecule has 2 aromatic heterocycles. The van der Waals surface area contributed by atoms with Gasteiger partial charge in [-0.15, -0.1) is 0 Å². The first-order valence-corrected chi connectivity index (χ1v) is 19.4. The van der Waals surface area contributed by atoms with Gasteiger partial charge in [-0.2, -0.15) is 0 Å². The van der Waals surface area contributed by atoms with Crippen molar-refractivity contribution in [2.24, 2.45) is 0 Å². The summed E-state index contributed by atoms with van der Waals surface area (Å²) in [6.45, 7) is 0. The van der Waals surface area contributed by atoms with Crippen LogP contribution in [0, 0.1) is 0 Å². The number of fused-ring (bicyclic) bond motifs is 6. The first-order chi connectivity index (χ1) is 28.3. The predicted octanol–water partition coefficient (Wildman–Crippen LogP) is 15.2. The lowest BCUT2D eigenvalue weighted by Gasteiger charge is -2.26. The lowest BCUT2D eigenvalue weighted by atomic mass is 10.0. The maximum Gasteiger partial charge on any atom is 0.143 e. The van der Waals surface area contributed by atoms with Gasteiger partial charge >= 0.3 is 0 Å². The molecule has 0 spiro atoms. The third-order valence-corrected chi connectivity index (χ3v) is 11.2. The maximum atomic E-state index is 6.40. The third kappa shape index (κ3) is 5.68. The zero-order chi connectivity index (χ0) is 37.7. The molecular weight excluding hydrogens is 693 g/mol. The second-order valence-corrected chi connectivity index (χ2v) is 14.5. The summed E-state index contributed by atoms with van der Waals surface area (Å²) in [4.78, 5) is 2.34. The van der Waals surface area contributed by atoms with E-state index < -0.39 is 0 Å². The number of hydrogen-bond acceptors (Lipinski definition) is 2. The molecule has 268 valence electrons. The van der Waals surface area contributed by atoms with E-state index in [0.29, 0.717) is 0 Å². The topological polar surface area (TPSA) is 21.3 Å². The van der Waals surface area contributed by atoms with Crippen molar-refractivity contribution in [2.45, 2.75) is 0 Å². The second kappa shape index (κ2) is 13.6. The lowest BCUT2D eigenvalue weighted by Crippen LogP contribution is -2.10. The van der Waals surface area contributed by atoms with Crippen LogP contribution in [0.1, 0.15) is 0 Å².